The Morgan fingerprint density at radius 3 is 2.43 bits per heavy atom. The molecule has 30 heavy (non-hydrogen) atoms. The maximum atomic E-state index is 12.5. The number of ether oxygens (including phenoxy) is 1. The van der Waals surface area contributed by atoms with E-state index in [4.69, 9.17) is 4.74 Å². The number of amides is 2. The van der Waals surface area contributed by atoms with Crippen LogP contribution in [0.2, 0.25) is 0 Å². The van der Waals surface area contributed by atoms with E-state index in [0.29, 0.717) is 18.0 Å². The second-order valence-corrected chi connectivity index (χ2v) is 8.31. The molecule has 0 atom stereocenters. The van der Waals surface area contributed by atoms with E-state index in [9.17, 15) is 9.59 Å². The summed E-state index contributed by atoms with van der Waals surface area (Å²) in [5, 5.41) is 2.86. The summed E-state index contributed by atoms with van der Waals surface area (Å²) in [7, 11) is 3.42. The average Bonchev–Trinajstić information content (AvgIpc) is 3.16. The minimum atomic E-state index is -0.152. The van der Waals surface area contributed by atoms with Crippen molar-refractivity contribution in [2.24, 2.45) is 0 Å². The maximum Gasteiger partial charge on any atom is 0.261 e. The van der Waals surface area contributed by atoms with E-state index in [0.717, 1.165) is 27.3 Å². The van der Waals surface area contributed by atoms with Crippen LogP contribution in [0.4, 0.5) is 0 Å². The second kappa shape index (κ2) is 10.1. The molecule has 0 bridgehead atoms. The number of nitrogens with one attached hydrogen (secondary N) is 1. The number of rotatable bonds is 8. The van der Waals surface area contributed by atoms with Gasteiger partial charge in [-0.1, -0.05) is 42.5 Å². The SMILES string of the molecule is COc1ccc(-c2cc(C(=O)NCCC(=O)N(C)Cc3ccccc3)sc2C)cc1. The molecule has 2 aromatic carbocycles. The van der Waals surface area contributed by atoms with Gasteiger partial charge in [0.2, 0.25) is 5.91 Å². The van der Waals surface area contributed by atoms with E-state index < -0.39 is 0 Å². The highest BCUT2D eigenvalue weighted by Gasteiger charge is 2.15. The van der Waals surface area contributed by atoms with Crippen LogP contribution in [-0.4, -0.2) is 37.4 Å². The number of nitrogens with zero attached hydrogens (tertiary/aromatic N) is 1. The molecule has 6 heteroatoms. The molecule has 0 unspecified atom stereocenters. The van der Waals surface area contributed by atoms with Gasteiger partial charge in [-0.3, -0.25) is 9.59 Å². The van der Waals surface area contributed by atoms with Gasteiger partial charge in [-0.15, -0.1) is 11.3 Å². The zero-order chi connectivity index (χ0) is 21.5. The van der Waals surface area contributed by atoms with Gasteiger partial charge < -0.3 is 15.0 Å². The molecule has 0 saturated heterocycles. The fourth-order valence-electron chi connectivity index (χ4n) is 3.16. The summed E-state index contributed by atoms with van der Waals surface area (Å²) in [5.74, 6) is 0.647. The zero-order valence-corrected chi connectivity index (χ0v) is 18.3. The minimum Gasteiger partial charge on any atom is -0.497 e. The van der Waals surface area contributed by atoms with Crippen LogP contribution in [-0.2, 0) is 11.3 Å². The first kappa shape index (κ1) is 21.6. The van der Waals surface area contributed by atoms with Crippen molar-refractivity contribution in [1.29, 1.82) is 0 Å². The van der Waals surface area contributed by atoms with Crippen LogP contribution in [0.5, 0.6) is 5.75 Å². The van der Waals surface area contributed by atoms with E-state index in [-0.39, 0.29) is 18.2 Å². The molecule has 1 heterocycles. The molecular formula is C24H26N2O3S. The van der Waals surface area contributed by atoms with Crippen molar-refractivity contribution in [3.63, 3.8) is 0 Å². The zero-order valence-electron chi connectivity index (χ0n) is 17.5. The van der Waals surface area contributed by atoms with Gasteiger partial charge in [0, 0.05) is 31.4 Å². The number of hydrogen-bond donors (Lipinski definition) is 1. The molecule has 0 aliphatic carbocycles. The van der Waals surface area contributed by atoms with Crippen molar-refractivity contribution < 1.29 is 14.3 Å². The fourth-order valence-corrected chi connectivity index (χ4v) is 4.12. The molecule has 0 spiro atoms. The Balaban J connectivity index is 1.53. The van der Waals surface area contributed by atoms with Crippen LogP contribution in [0.1, 0.15) is 26.5 Å². The lowest BCUT2D eigenvalue weighted by Gasteiger charge is -2.17. The van der Waals surface area contributed by atoms with Crippen LogP contribution in [0, 0.1) is 6.92 Å². The van der Waals surface area contributed by atoms with Crippen molar-refractivity contribution >= 4 is 23.2 Å². The number of benzene rings is 2. The summed E-state index contributed by atoms with van der Waals surface area (Å²) in [4.78, 5) is 28.3. The summed E-state index contributed by atoms with van der Waals surface area (Å²) in [5.41, 5.74) is 3.16. The third kappa shape index (κ3) is 5.48. The number of thiophene rings is 1. The number of methoxy groups -OCH3 is 1. The summed E-state index contributed by atoms with van der Waals surface area (Å²) >= 11 is 1.46. The molecule has 5 nitrogen and oxygen atoms in total. The third-order valence-electron chi connectivity index (χ3n) is 4.86. The molecule has 1 aromatic heterocycles. The molecule has 0 radical (unpaired) electrons. The highest BCUT2D eigenvalue weighted by atomic mass is 32.1. The fraction of sp³-hybridized carbons (Fsp3) is 0.250. The second-order valence-electron chi connectivity index (χ2n) is 7.05. The first-order valence-electron chi connectivity index (χ1n) is 9.79. The van der Waals surface area contributed by atoms with E-state index >= 15 is 0 Å². The van der Waals surface area contributed by atoms with Crippen molar-refractivity contribution in [2.45, 2.75) is 19.9 Å². The maximum absolute atomic E-state index is 12.5. The van der Waals surface area contributed by atoms with E-state index in [2.05, 4.69) is 5.32 Å². The number of carbonyl (C=O) groups is 2. The Morgan fingerprint density at radius 1 is 1.07 bits per heavy atom. The van der Waals surface area contributed by atoms with Gasteiger partial charge in [-0.25, -0.2) is 0 Å². The van der Waals surface area contributed by atoms with E-state index in [1.54, 1.807) is 19.1 Å². The Hall–Kier alpha value is -3.12. The van der Waals surface area contributed by atoms with Crippen LogP contribution in [0.25, 0.3) is 11.1 Å². The first-order chi connectivity index (χ1) is 14.5. The van der Waals surface area contributed by atoms with Crippen LogP contribution < -0.4 is 10.1 Å². The highest BCUT2D eigenvalue weighted by molar-refractivity contribution is 7.14. The van der Waals surface area contributed by atoms with Gasteiger partial charge in [0.1, 0.15) is 5.75 Å². The summed E-state index contributed by atoms with van der Waals surface area (Å²) < 4.78 is 5.20. The van der Waals surface area contributed by atoms with Crippen molar-refractivity contribution in [1.82, 2.24) is 10.2 Å². The molecule has 3 rings (SSSR count). The number of hydrogen-bond acceptors (Lipinski definition) is 4. The molecular weight excluding hydrogens is 396 g/mol. The number of aryl methyl sites for hydroxylation is 1. The lowest BCUT2D eigenvalue weighted by atomic mass is 10.1. The number of carbonyl (C=O) groups excluding carboxylic acids is 2. The van der Waals surface area contributed by atoms with Crippen LogP contribution >= 0.6 is 11.3 Å². The van der Waals surface area contributed by atoms with Gasteiger partial charge in [-0.05, 0) is 41.8 Å². The predicted octanol–water partition coefficient (Wildman–Crippen LogP) is 4.51. The van der Waals surface area contributed by atoms with Crippen molar-refractivity contribution in [3.05, 3.63) is 76.0 Å². The molecule has 0 fully saturated rings. The van der Waals surface area contributed by atoms with Gasteiger partial charge in [-0.2, -0.15) is 0 Å². The minimum absolute atomic E-state index is 0.000403. The molecule has 1 N–H and O–H groups in total. The third-order valence-corrected chi connectivity index (χ3v) is 5.90. The standard InChI is InChI=1S/C24H26N2O3S/c1-17-21(19-9-11-20(29-3)12-10-19)15-22(30-17)24(28)25-14-13-23(27)26(2)16-18-7-5-4-6-8-18/h4-12,15H,13-14,16H2,1-3H3,(H,25,28). The van der Waals surface area contributed by atoms with Crippen LogP contribution in [0.15, 0.2) is 60.7 Å². The van der Waals surface area contributed by atoms with Crippen molar-refractivity contribution in [2.75, 3.05) is 20.7 Å². The van der Waals surface area contributed by atoms with Gasteiger partial charge in [0.05, 0.1) is 12.0 Å². The van der Waals surface area contributed by atoms with Crippen LogP contribution in [0.3, 0.4) is 0 Å². The van der Waals surface area contributed by atoms with Crippen molar-refractivity contribution in [3.8, 4) is 16.9 Å². The Kier molecular flexibility index (Phi) is 7.25. The molecule has 2 amide bonds. The monoisotopic (exact) mass is 422 g/mol. The molecule has 0 aliphatic heterocycles. The largest absolute Gasteiger partial charge is 0.497 e. The summed E-state index contributed by atoms with van der Waals surface area (Å²) in [6.07, 6.45) is 0.269. The smallest absolute Gasteiger partial charge is 0.261 e. The lowest BCUT2D eigenvalue weighted by molar-refractivity contribution is -0.130. The Morgan fingerprint density at radius 2 is 1.77 bits per heavy atom. The highest BCUT2D eigenvalue weighted by Crippen LogP contribution is 2.32. The van der Waals surface area contributed by atoms with Gasteiger partial charge >= 0.3 is 0 Å². The first-order valence-corrected chi connectivity index (χ1v) is 10.6. The van der Waals surface area contributed by atoms with E-state index in [1.165, 1.54) is 11.3 Å². The summed E-state index contributed by atoms with van der Waals surface area (Å²) in [6.45, 7) is 2.87. The van der Waals surface area contributed by atoms with E-state index in [1.807, 2.05) is 67.6 Å². The Labute approximate surface area is 181 Å². The average molecular weight is 423 g/mol. The molecule has 3 aromatic rings. The molecule has 0 saturated carbocycles. The van der Waals surface area contributed by atoms with Gasteiger partial charge in [0.25, 0.3) is 5.91 Å². The quantitative estimate of drug-likeness (QED) is 0.581. The topological polar surface area (TPSA) is 58.6 Å². The lowest BCUT2D eigenvalue weighted by Crippen LogP contribution is -2.31. The predicted molar refractivity (Wildman–Crippen MR) is 121 cm³/mol. The van der Waals surface area contributed by atoms with Gasteiger partial charge in [0.15, 0.2) is 0 Å². The summed E-state index contributed by atoms with van der Waals surface area (Å²) in [6, 6.07) is 19.5. The normalized spacial score (nSPS) is 10.5. The Bertz CT molecular complexity index is 997. The molecule has 0 aliphatic rings. The molecule has 156 valence electrons.